The SMILES string of the molecule is CN(C)C(=O)C1CCN(Cc2nc(-c3ccc(C(C)(C)C)cc3)no2)CC1. The van der Waals surface area contributed by atoms with Crippen LogP contribution in [0.1, 0.15) is 45.1 Å². The largest absolute Gasteiger partial charge is 0.349 e. The molecular formula is C21H30N4O2. The van der Waals surface area contributed by atoms with E-state index >= 15 is 0 Å². The van der Waals surface area contributed by atoms with Crippen molar-refractivity contribution in [3.05, 3.63) is 35.7 Å². The molecule has 6 nitrogen and oxygen atoms in total. The number of rotatable bonds is 4. The van der Waals surface area contributed by atoms with Gasteiger partial charge in [0.25, 0.3) is 0 Å². The molecule has 0 saturated carbocycles. The molecule has 1 fully saturated rings. The lowest BCUT2D eigenvalue weighted by atomic mass is 9.87. The number of benzene rings is 1. The maximum absolute atomic E-state index is 12.1. The maximum Gasteiger partial charge on any atom is 0.241 e. The summed E-state index contributed by atoms with van der Waals surface area (Å²) in [5.74, 6) is 1.62. The van der Waals surface area contributed by atoms with Crippen LogP contribution in [0.15, 0.2) is 28.8 Å². The van der Waals surface area contributed by atoms with Crippen molar-refractivity contribution >= 4 is 5.91 Å². The second-order valence-corrected chi connectivity index (χ2v) is 8.62. The Morgan fingerprint density at radius 3 is 2.37 bits per heavy atom. The molecule has 0 N–H and O–H groups in total. The molecule has 27 heavy (non-hydrogen) atoms. The number of aromatic nitrogens is 2. The van der Waals surface area contributed by atoms with E-state index in [0.29, 0.717) is 18.3 Å². The van der Waals surface area contributed by atoms with Gasteiger partial charge in [0, 0.05) is 25.6 Å². The Kier molecular flexibility index (Phi) is 5.65. The second-order valence-electron chi connectivity index (χ2n) is 8.62. The van der Waals surface area contributed by atoms with Crippen molar-refractivity contribution in [2.45, 2.75) is 45.6 Å². The van der Waals surface area contributed by atoms with Crippen LogP contribution in [-0.4, -0.2) is 53.0 Å². The van der Waals surface area contributed by atoms with Crippen LogP contribution in [0.3, 0.4) is 0 Å². The van der Waals surface area contributed by atoms with E-state index < -0.39 is 0 Å². The minimum Gasteiger partial charge on any atom is -0.349 e. The minimum atomic E-state index is 0.126. The van der Waals surface area contributed by atoms with Crippen LogP contribution < -0.4 is 0 Å². The van der Waals surface area contributed by atoms with Crippen LogP contribution >= 0.6 is 0 Å². The third-order valence-corrected chi connectivity index (χ3v) is 5.21. The summed E-state index contributed by atoms with van der Waals surface area (Å²) in [6.07, 6.45) is 1.76. The molecule has 0 unspecified atom stereocenters. The maximum atomic E-state index is 12.1. The molecule has 1 amide bonds. The van der Waals surface area contributed by atoms with Crippen LogP contribution in [0.4, 0.5) is 0 Å². The Bertz CT molecular complexity index is 766. The molecule has 0 bridgehead atoms. The predicted molar refractivity (Wildman–Crippen MR) is 105 cm³/mol. The highest BCUT2D eigenvalue weighted by Crippen LogP contribution is 2.25. The first-order chi connectivity index (χ1) is 12.7. The fraction of sp³-hybridized carbons (Fsp3) is 0.571. The number of hydrogen-bond donors (Lipinski definition) is 0. The Hall–Kier alpha value is -2.21. The Labute approximate surface area is 161 Å². The van der Waals surface area contributed by atoms with Crippen LogP contribution in [0.25, 0.3) is 11.4 Å². The van der Waals surface area contributed by atoms with Crippen LogP contribution in [0, 0.1) is 5.92 Å². The van der Waals surface area contributed by atoms with E-state index in [2.05, 4.69) is 47.9 Å². The first kappa shape index (κ1) is 19.5. The van der Waals surface area contributed by atoms with Gasteiger partial charge in [0.15, 0.2) is 0 Å². The summed E-state index contributed by atoms with van der Waals surface area (Å²) in [4.78, 5) is 20.6. The fourth-order valence-corrected chi connectivity index (χ4v) is 3.45. The van der Waals surface area contributed by atoms with Crippen molar-refractivity contribution in [2.75, 3.05) is 27.2 Å². The van der Waals surface area contributed by atoms with Crippen molar-refractivity contribution < 1.29 is 9.32 Å². The van der Waals surface area contributed by atoms with Gasteiger partial charge in [0.1, 0.15) is 0 Å². The molecule has 2 aromatic rings. The molecule has 2 heterocycles. The number of carbonyl (C=O) groups excluding carboxylic acids is 1. The fourth-order valence-electron chi connectivity index (χ4n) is 3.45. The van der Waals surface area contributed by atoms with Crippen LogP contribution in [0.2, 0.25) is 0 Å². The van der Waals surface area contributed by atoms with Gasteiger partial charge in [-0.1, -0.05) is 50.2 Å². The number of hydrogen-bond acceptors (Lipinski definition) is 5. The molecule has 1 aliphatic heterocycles. The van der Waals surface area contributed by atoms with Gasteiger partial charge in [-0.2, -0.15) is 4.98 Å². The van der Waals surface area contributed by atoms with Crippen molar-refractivity contribution in [1.29, 1.82) is 0 Å². The van der Waals surface area contributed by atoms with Gasteiger partial charge in [-0.05, 0) is 36.9 Å². The zero-order valence-electron chi connectivity index (χ0n) is 17.0. The zero-order chi connectivity index (χ0) is 19.6. The third kappa shape index (κ3) is 4.75. The van der Waals surface area contributed by atoms with Crippen molar-refractivity contribution in [3.63, 3.8) is 0 Å². The molecule has 0 spiro atoms. The van der Waals surface area contributed by atoms with E-state index in [1.54, 1.807) is 4.90 Å². The van der Waals surface area contributed by atoms with Gasteiger partial charge >= 0.3 is 0 Å². The highest BCUT2D eigenvalue weighted by Gasteiger charge is 2.27. The highest BCUT2D eigenvalue weighted by atomic mass is 16.5. The summed E-state index contributed by atoms with van der Waals surface area (Å²) in [7, 11) is 3.64. The molecule has 0 aliphatic carbocycles. The van der Waals surface area contributed by atoms with E-state index in [-0.39, 0.29) is 17.2 Å². The summed E-state index contributed by atoms with van der Waals surface area (Å²) in [5, 5.41) is 4.14. The average molecular weight is 370 g/mol. The molecule has 1 aromatic heterocycles. The molecule has 0 atom stereocenters. The number of carbonyl (C=O) groups is 1. The summed E-state index contributed by atoms with van der Waals surface area (Å²) < 4.78 is 5.45. The third-order valence-electron chi connectivity index (χ3n) is 5.21. The number of likely N-dealkylation sites (tertiary alicyclic amines) is 1. The molecule has 6 heteroatoms. The summed E-state index contributed by atoms with van der Waals surface area (Å²) in [6.45, 7) is 8.98. The van der Waals surface area contributed by atoms with Gasteiger partial charge in [-0.3, -0.25) is 9.69 Å². The lowest BCUT2D eigenvalue weighted by Gasteiger charge is -2.31. The Morgan fingerprint density at radius 2 is 1.81 bits per heavy atom. The number of nitrogens with zero attached hydrogens (tertiary/aromatic N) is 4. The van der Waals surface area contributed by atoms with Gasteiger partial charge in [-0.25, -0.2) is 0 Å². The number of piperidine rings is 1. The average Bonchev–Trinajstić information content (AvgIpc) is 3.09. The lowest BCUT2D eigenvalue weighted by molar-refractivity contribution is -0.134. The quantitative estimate of drug-likeness (QED) is 0.826. The molecule has 146 valence electrons. The highest BCUT2D eigenvalue weighted by molar-refractivity contribution is 5.78. The van der Waals surface area contributed by atoms with Gasteiger partial charge < -0.3 is 9.42 Å². The van der Waals surface area contributed by atoms with Crippen LogP contribution in [-0.2, 0) is 16.8 Å². The normalized spacial score (nSPS) is 16.5. The second kappa shape index (κ2) is 7.80. The van der Waals surface area contributed by atoms with Crippen molar-refractivity contribution in [2.24, 2.45) is 5.92 Å². The van der Waals surface area contributed by atoms with E-state index in [4.69, 9.17) is 4.52 Å². The smallest absolute Gasteiger partial charge is 0.241 e. The summed E-state index contributed by atoms with van der Waals surface area (Å²) >= 11 is 0. The van der Waals surface area contributed by atoms with E-state index in [1.165, 1.54) is 5.56 Å². The van der Waals surface area contributed by atoms with E-state index in [9.17, 15) is 4.79 Å². The Balaban J connectivity index is 1.58. The van der Waals surface area contributed by atoms with Crippen molar-refractivity contribution in [3.8, 4) is 11.4 Å². The summed E-state index contributed by atoms with van der Waals surface area (Å²) in [5.41, 5.74) is 2.37. The van der Waals surface area contributed by atoms with Gasteiger partial charge in [-0.15, -0.1) is 0 Å². The monoisotopic (exact) mass is 370 g/mol. The summed E-state index contributed by atoms with van der Waals surface area (Å²) in [6, 6.07) is 8.34. The molecule has 1 saturated heterocycles. The molecular weight excluding hydrogens is 340 g/mol. The molecule has 1 aromatic carbocycles. The minimum absolute atomic E-state index is 0.126. The van der Waals surface area contributed by atoms with E-state index in [1.807, 2.05) is 26.2 Å². The molecule has 1 aliphatic rings. The van der Waals surface area contributed by atoms with Crippen LogP contribution in [0.5, 0.6) is 0 Å². The molecule has 3 rings (SSSR count). The topological polar surface area (TPSA) is 62.5 Å². The number of amides is 1. The first-order valence-corrected chi connectivity index (χ1v) is 9.61. The first-order valence-electron chi connectivity index (χ1n) is 9.61. The molecule has 0 radical (unpaired) electrons. The Morgan fingerprint density at radius 1 is 1.19 bits per heavy atom. The van der Waals surface area contributed by atoms with Crippen molar-refractivity contribution in [1.82, 2.24) is 19.9 Å². The van der Waals surface area contributed by atoms with Gasteiger partial charge in [0.2, 0.25) is 17.6 Å². The zero-order valence-corrected chi connectivity index (χ0v) is 17.0. The van der Waals surface area contributed by atoms with Gasteiger partial charge in [0.05, 0.1) is 6.54 Å². The standard InChI is InChI=1S/C21H30N4O2/c1-21(2,3)17-8-6-15(7-9-17)19-22-18(27-23-19)14-25-12-10-16(11-13-25)20(26)24(4)5/h6-9,16H,10-14H2,1-5H3. The predicted octanol–water partition coefficient (Wildman–Crippen LogP) is 3.33. The lowest BCUT2D eigenvalue weighted by Crippen LogP contribution is -2.39. The van der Waals surface area contributed by atoms with E-state index in [0.717, 1.165) is 31.5 Å².